The van der Waals surface area contributed by atoms with Crippen LogP contribution in [-0.4, -0.2) is 24.5 Å². The Kier molecular flexibility index (Phi) is 5.72. The van der Waals surface area contributed by atoms with Gasteiger partial charge in [-0.25, -0.2) is 0 Å². The molecule has 0 spiro atoms. The molecular weight excluding hydrogens is 256 g/mol. The summed E-state index contributed by atoms with van der Waals surface area (Å²) in [7, 11) is 1.59. The van der Waals surface area contributed by atoms with E-state index < -0.39 is 5.84 Å². The van der Waals surface area contributed by atoms with Crippen LogP contribution in [-0.2, 0) is 11.2 Å². The maximum Gasteiger partial charge on any atom is 0.220 e. The molecule has 0 aliphatic rings. The van der Waals surface area contributed by atoms with Gasteiger partial charge in [-0.15, -0.1) is 0 Å². The Hall–Kier alpha value is -2.88. The zero-order valence-corrected chi connectivity index (χ0v) is 11.1. The minimum atomic E-state index is -0.400. The smallest absolute Gasteiger partial charge is 0.220 e. The molecule has 5 N–H and O–H groups in total. The molecule has 7 heteroatoms. The molecule has 20 heavy (non-hydrogen) atoms. The van der Waals surface area contributed by atoms with Crippen LogP contribution in [0.2, 0.25) is 0 Å². The fourth-order valence-electron chi connectivity index (χ4n) is 1.48. The molecule has 0 saturated heterocycles. The van der Waals surface area contributed by atoms with E-state index in [1.807, 2.05) is 12.1 Å². The van der Waals surface area contributed by atoms with Crippen LogP contribution in [0, 0.1) is 16.7 Å². The van der Waals surface area contributed by atoms with Gasteiger partial charge in [0.05, 0.1) is 5.69 Å². The van der Waals surface area contributed by atoms with Crippen molar-refractivity contribution in [2.24, 2.45) is 10.8 Å². The maximum atomic E-state index is 11.3. The summed E-state index contributed by atoms with van der Waals surface area (Å²) in [6.45, 7) is 0. The van der Waals surface area contributed by atoms with Gasteiger partial charge < -0.3 is 11.1 Å². The highest BCUT2D eigenvalue weighted by atomic mass is 16.1. The van der Waals surface area contributed by atoms with Gasteiger partial charge in [0.1, 0.15) is 6.07 Å². The van der Waals surface area contributed by atoms with E-state index in [2.05, 4.69) is 15.8 Å². The number of carbonyl (C=O) groups excluding carboxylic acids is 1. The molecule has 104 valence electrons. The zero-order valence-electron chi connectivity index (χ0n) is 11.1. The molecule has 0 aliphatic heterocycles. The second kappa shape index (κ2) is 7.53. The van der Waals surface area contributed by atoms with Gasteiger partial charge in [-0.2, -0.15) is 10.4 Å². The molecule has 0 atom stereocenters. The first-order valence-electron chi connectivity index (χ1n) is 5.95. The van der Waals surface area contributed by atoms with Crippen LogP contribution < -0.4 is 16.5 Å². The summed E-state index contributed by atoms with van der Waals surface area (Å²) in [4.78, 5) is 11.3. The number of carbonyl (C=O) groups is 1. The lowest BCUT2D eigenvalue weighted by atomic mass is 10.1. The Morgan fingerprint density at radius 3 is 2.80 bits per heavy atom. The predicted octanol–water partition coefficient (Wildman–Crippen LogP) is 0.593. The Bertz CT molecular complexity index is 572. The second-order valence-electron chi connectivity index (χ2n) is 3.93. The van der Waals surface area contributed by atoms with Crippen molar-refractivity contribution in [1.82, 2.24) is 5.32 Å². The molecule has 1 rings (SSSR count). The standard InChI is InChI=1S/C13H16N6O/c1-17-12(20)7-6-9-4-2-3-5-10(9)18-19-11(8-14)13(15)16/h2-5,18H,6-7H2,1H3,(H3,15,16)(H,17,20)/b19-11+. The van der Waals surface area contributed by atoms with Gasteiger partial charge in [-0.05, 0) is 18.1 Å². The van der Waals surface area contributed by atoms with Gasteiger partial charge in [-0.1, -0.05) is 18.2 Å². The first-order chi connectivity index (χ1) is 9.58. The van der Waals surface area contributed by atoms with Gasteiger partial charge in [0.25, 0.3) is 0 Å². The number of hydrogen-bond donors (Lipinski definition) is 4. The number of benzene rings is 1. The van der Waals surface area contributed by atoms with Gasteiger partial charge in [0.15, 0.2) is 5.84 Å². The number of hydrazone groups is 1. The van der Waals surface area contributed by atoms with E-state index in [1.165, 1.54) is 0 Å². The molecule has 0 radical (unpaired) electrons. The van der Waals surface area contributed by atoms with Crippen molar-refractivity contribution in [2.75, 3.05) is 12.5 Å². The lowest BCUT2D eigenvalue weighted by Gasteiger charge is -2.08. The molecule has 0 heterocycles. The number of amides is 1. The van der Waals surface area contributed by atoms with Gasteiger partial charge >= 0.3 is 0 Å². The van der Waals surface area contributed by atoms with Gasteiger partial charge in [0.2, 0.25) is 11.6 Å². The summed E-state index contributed by atoms with van der Waals surface area (Å²) in [6.07, 6.45) is 0.900. The minimum Gasteiger partial charge on any atom is -0.382 e. The summed E-state index contributed by atoms with van der Waals surface area (Å²) in [5.74, 6) is -0.451. The normalized spacial score (nSPS) is 10.5. The molecule has 0 aromatic heterocycles. The third kappa shape index (κ3) is 4.42. The van der Waals surface area contributed by atoms with E-state index in [-0.39, 0.29) is 11.6 Å². The third-order valence-corrected chi connectivity index (χ3v) is 2.57. The van der Waals surface area contributed by atoms with Crippen molar-refractivity contribution in [2.45, 2.75) is 12.8 Å². The van der Waals surface area contributed by atoms with Gasteiger partial charge in [-0.3, -0.25) is 15.6 Å². The number of aryl methyl sites for hydroxylation is 1. The molecule has 7 nitrogen and oxygen atoms in total. The largest absolute Gasteiger partial charge is 0.382 e. The Morgan fingerprint density at radius 2 is 2.20 bits per heavy atom. The topological polar surface area (TPSA) is 127 Å². The SMILES string of the molecule is CNC(=O)CCc1ccccc1N/N=C(\C#N)C(=N)N. The number of anilines is 1. The summed E-state index contributed by atoms with van der Waals surface area (Å²) < 4.78 is 0. The van der Waals surface area contributed by atoms with Crippen molar-refractivity contribution in [3.8, 4) is 6.07 Å². The average molecular weight is 272 g/mol. The van der Waals surface area contributed by atoms with Crippen molar-refractivity contribution in [3.63, 3.8) is 0 Å². The van der Waals surface area contributed by atoms with Crippen molar-refractivity contribution in [1.29, 1.82) is 10.7 Å². The van der Waals surface area contributed by atoms with E-state index in [9.17, 15) is 4.79 Å². The minimum absolute atomic E-state index is 0.0512. The van der Waals surface area contributed by atoms with E-state index in [1.54, 1.807) is 25.2 Å². The monoisotopic (exact) mass is 272 g/mol. The molecular formula is C13H16N6O. The number of nitriles is 1. The van der Waals surface area contributed by atoms with E-state index in [0.29, 0.717) is 18.5 Å². The first-order valence-corrected chi connectivity index (χ1v) is 5.95. The highest BCUT2D eigenvalue weighted by molar-refractivity contribution is 6.45. The second-order valence-corrected chi connectivity index (χ2v) is 3.93. The van der Waals surface area contributed by atoms with Crippen LogP contribution >= 0.6 is 0 Å². The molecule has 0 unspecified atom stereocenters. The zero-order chi connectivity index (χ0) is 15.0. The average Bonchev–Trinajstić information content (AvgIpc) is 2.46. The summed E-state index contributed by atoms with van der Waals surface area (Å²) in [5, 5.41) is 22.3. The number of hydrogen-bond acceptors (Lipinski definition) is 5. The first kappa shape index (κ1) is 15.2. The van der Waals surface area contributed by atoms with E-state index >= 15 is 0 Å². The Morgan fingerprint density at radius 1 is 1.50 bits per heavy atom. The Labute approximate surface area is 117 Å². The van der Waals surface area contributed by atoms with E-state index in [0.717, 1.165) is 5.56 Å². The molecule has 0 bridgehead atoms. The highest BCUT2D eigenvalue weighted by Gasteiger charge is 2.05. The van der Waals surface area contributed by atoms with Crippen LogP contribution in [0.4, 0.5) is 5.69 Å². The highest BCUT2D eigenvalue weighted by Crippen LogP contribution is 2.16. The molecule has 1 amide bonds. The van der Waals surface area contributed by atoms with Crippen LogP contribution in [0.3, 0.4) is 0 Å². The Balaban J connectivity index is 2.83. The quantitative estimate of drug-likeness (QED) is 0.343. The predicted molar refractivity (Wildman–Crippen MR) is 77.4 cm³/mol. The lowest BCUT2D eigenvalue weighted by Crippen LogP contribution is -2.22. The summed E-state index contributed by atoms with van der Waals surface area (Å²) in [5.41, 5.74) is 9.28. The number of nitrogens with two attached hydrogens (primary N) is 1. The number of amidine groups is 1. The number of para-hydroxylation sites is 1. The van der Waals surface area contributed by atoms with Crippen molar-refractivity contribution < 1.29 is 4.79 Å². The number of rotatable bonds is 6. The lowest BCUT2D eigenvalue weighted by molar-refractivity contribution is -0.120. The third-order valence-electron chi connectivity index (χ3n) is 2.57. The summed E-state index contributed by atoms with van der Waals surface area (Å²) >= 11 is 0. The van der Waals surface area contributed by atoms with Crippen LogP contribution in [0.15, 0.2) is 29.4 Å². The fraction of sp³-hybridized carbons (Fsp3) is 0.231. The van der Waals surface area contributed by atoms with Gasteiger partial charge in [0, 0.05) is 13.5 Å². The molecule has 0 fully saturated rings. The molecule has 0 saturated carbocycles. The van der Waals surface area contributed by atoms with Crippen LogP contribution in [0.5, 0.6) is 0 Å². The summed E-state index contributed by atoms with van der Waals surface area (Å²) in [6, 6.07) is 9.02. The van der Waals surface area contributed by atoms with Crippen LogP contribution in [0.1, 0.15) is 12.0 Å². The molecule has 1 aromatic rings. The molecule has 1 aromatic carbocycles. The van der Waals surface area contributed by atoms with Crippen molar-refractivity contribution >= 4 is 23.1 Å². The van der Waals surface area contributed by atoms with Crippen molar-refractivity contribution in [3.05, 3.63) is 29.8 Å². The number of nitrogens with zero attached hydrogens (tertiary/aromatic N) is 2. The number of nitrogens with one attached hydrogen (secondary N) is 3. The molecule has 0 aliphatic carbocycles. The van der Waals surface area contributed by atoms with Crippen LogP contribution in [0.25, 0.3) is 0 Å². The van der Waals surface area contributed by atoms with E-state index in [4.69, 9.17) is 16.4 Å². The fourth-order valence-corrected chi connectivity index (χ4v) is 1.48. The maximum absolute atomic E-state index is 11.3.